The maximum atomic E-state index is 12.7. The summed E-state index contributed by atoms with van der Waals surface area (Å²) in [5.41, 5.74) is 4.44. The highest BCUT2D eigenvalue weighted by Crippen LogP contribution is 2.52. The van der Waals surface area contributed by atoms with Crippen molar-refractivity contribution in [2.45, 2.75) is 31.8 Å². The zero-order chi connectivity index (χ0) is 21.5. The van der Waals surface area contributed by atoms with Crippen LogP contribution in [0.25, 0.3) is 6.08 Å². The zero-order valence-electron chi connectivity index (χ0n) is 18.3. The van der Waals surface area contributed by atoms with Gasteiger partial charge in [-0.3, -0.25) is 4.79 Å². The van der Waals surface area contributed by atoms with Crippen molar-refractivity contribution in [3.63, 3.8) is 0 Å². The van der Waals surface area contributed by atoms with Crippen LogP contribution in [0.15, 0.2) is 78.5 Å². The molecule has 4 heteroatoms. The van der Waals surface area contributed by atoms with Gasteiger partial charge in [0.1, 0.15) is 5.66 Å². The Morgan fingerprint density at radius 1 is 1.00 bits per heavy atom. The van der Waals surface area contributed by atoms with Crippen molar-refractivity contribution in [1.29, 1.82) is 0 Å². The van der Waals surface area contributed by atoms with Gasteiger partial charge in [0.2, 0.25) is 5.91 Å². The van der Waals surface area contributed by atoms with E-state index in [4.69, 9.17) is 0 Å². The summed E-state index contributed by atoms with van der Waals surface area (Å²) in [6, 6.07) is 16.8. The summed E-state index contributed by atoms with van der Waals surface area (Å²) in [5, 5.41) is 3.29. The summed E-state index contributed by atoms with van der Waals surface area (Å²) in [7, 11) is 4.07. The van der Waals surface area contributed by atoms with Crippen LogP contribution in [0.4, 0.5) is 11.4 Å². The maximum Gasteiger partial charge on any atom is 0.250 e. The van der Waals surface area contributed by atoms with Crippen LogP contribution >= 0.6 is 0 Å². The minimum absolute atomic E-state index is 0.0277. The van der Waals surface area contributed by atoms with Gasteiger partial charge in [0, 0.05) is 42.7 Å². The van der Waals surface area contributed by atoms with E-state index in [1.54, 1.807) is 0 Å². The molecule has 30 heavy (non-hydrogen) atoms. The van der Waals surface area contributed by atoms with E-state index >= 15 is 0 Å². The number of fused-ring (bicyclic) bond motifs is 3. The largest absolute Gasteiger partial charge is 0.378 e. The number of nitrogens with one attached hydrogen (secondary N) is 1. The van der Waals surface area contributed by atoms with Gasteiger partial charge in [0.05, 0.1) is 0 Å². The fraction of sp³-hybridized carbons (Fsp3) is 0.269. The fourth-order valence-corrected chi connectivity index (χ4v) is 4.40. The molecule has 1 atom stereocenters. The highest BCUT2D eigenvalue weighted by atomic mass is 16.2. The van der Waals surface area contributed by atoms with Crippen LogP contribution in [-0.2, 0) is 10.2 Å². The molecule has 1 unspecified atom stereocenters. The third-order valence-corrected chi connectivity index (χ3v) is 6.30. The van der Waals surface area contributed by atoms with Gasteiger partial charge in [-0.1, -0.05) is 62.4 Å². The van der Waals surface area contributed by atoms with Crippen molar-refractivity contribution in [1.82, 2.24) is 5.32 Å². The molecular weight excluding hydrogens is 370 g/mol. The molecule has 2 aromatic carbocycles. The quantitative estimate of drug-likeness (QED) is 0.747. The first-order valence-electron chi connectivity index (χ1n) is 10.3. The molecule has 4 rings (SSSR count). The molecule has 0 aromatic heterocycles. The normalized spacial score (nSPS) is 22.1. The van der Waals surface area contributed by atoms with Crippen molar-refractivity contribution < 1.29 is 4.79 Å². The van der Waals surface area contributed by atoms with E-state index in [0.29, 0.717) is 5.57 Å². The summed E-state index contributed by atoms with van der Waals surface area (Å²) in [6.45, 7) is 6.23. The third kappa shape index (κ3) is 3.04. The van der Waals surface area contributed by atoms with Crippen molar-refractivity contribution in [3.8, 4) is 0 Å². The van der Waals surface area contributed by atoms with E-state index in [0.717, 1.165) is 11.3 Å². The summed E-state index contributed by atoms with van der Waals surface area (Å²) >= 11 is 0. The summed E-state index contributed by atoms with van der Waals surface area (Å²) in [5.74, 6) is -0.0277. The molecule has 0 saturated carbocycles. The van der Waals surface area contributed by atoms with E-state index < -0.39 is 5.66 Å². The van der Waals surface area contributed by atoms with Gasteiger partial charge in [0.15, 0.2) is 0 Å². The Balaban J connectivity index is 1.68. The number of hydrogen-bond acceptors (Lipinski definition) is 3. The molecule has 0 radical (unpaired) electrons. The molecule has 4 nitrogen and oxygen atoms in total. The van der Waals surface area contributed by atoms with Crippen LogP contribution in [0.1, 0.15) is 31.9 Å². The van der Waals surface area contributed by atoms with Crippen LogP contribution < -0.4 is 15.1 Å². The van der Waals surface area contributed by atoms with E-state index in [1.807, 2.05) is 45.4 Å². The Morgan fingerprint density at radius 3 is 2.40 bits per heavy atom. The maximum absolute atomic E-state index is 12.7. The molecule has 2 aromatic rings. The first-order chi connectivity index (χ1) is 14.3. The van der Waals surface area contributed by atoms with Gasteiger partial charge < -0.3 is 15.1 Å². The van der Waals surface area contributed by atoms with E-state index in [9.17, 15) is 4.79 Å². The Kier molecular flexibility index (Phi) is 4.81. The Hall–Kier alpha value is -3.27. The summed E-state index contributed by atoms with van der Waals surface area (Å²) in [4.78, 5) is 16.9. The number of carbonyl (C=O) groups is 1. The molecule has 0 bridgehead atoms. The molecule has 2 heterocycles. The van der Waals surface area contributed by atoms with Gasteiger partial charge in [-0.25, -0.2) is 0 Å². The Bertz CT molecular complexity index is 1060. The van der Waals surface area contributed by atoms with E-state index in [-0.39, 0.29) is 11.3 Å². The number of benzene rings is 2. The van der Waals surface area contributed by atoms with Gasteiger partial charge in [0.25, 0.3) is 0 Å². The summed E-state index contributed by atoms with van der Waals surface area (Å²) < 4.78 is 0. The van der Waals surface area contributed by atoms with Crippen LogP contribution in [0.2, 0.25) is 0 Å². The predicted molar refractivity (Wildman–Crippen MR) is 126 cm³/mol. The van der Waals surface area contributed by atoms with E-state index in [1.165, 1.54) is 11.3 Å². The molecule has 2 aliphatic heterocycles. The number of allylic oxidation sites excluding steroid dienone is 2. The van der Waals surface area contributed by atoms with Gasteiger partial charge in [-0.05, 0) is 42.3 Å². The second-order valence-electron chi connectivity index (χ2n) is 8.75. The second kappa shape index (κ2) is 7.21. The molecule has 1 amide bonds. The summed E-state index contributed by atoms with van der Waals surface area (Å²) in [6.07, 6.45) is 10.2. The predicted octanol–water partition coefficient (Wildman–Crippen LogP) is 4.85. The van der Waals surface area contributed by atoms with E-state index in [2.05, 4.69) is 83.6 Å². The number of anilines is 2. The highest BCUT2D eigenvalue weighted by Gasteiger charge is 2.57. The average Bonchev–Trinajstić information content (AvgIpc) is 2.91. The second-order valence-corrected chi connectivity index (χ2v) is 8.75. The molecular formula is C26H29N3O. The number of nitrogens with zero attached hydrogens (tertiary/aromatic N) is 2. The van der Waals surface area contributed by atoms with Crippen LogP contribution in [0.3, 0.4) is 0 Å². The fourth-order valence-electron chi connectivity index (χ4n) is 4.40. The smallest absolute Gasteiger partial charge is 0.250 e. The molecule has 0 aliphatic carbocycles. The monoisotopic (exact) mass is 399 g/mol. The lowest BCUT2D eigenvalue weighted by Crippen LogP contribution is -2.66. The standard InChI is InChI=1S/C26H29N3O/c1-19-18-29-23-12-7-6-11-22(23)25(2,3)26(29,27-24(19)30)17-9-8-10-20-13-15-21(16-14-20)28(4)5/h6-18H,1-5H3,(H,27,30). The first-order valence-corrected chi connectivity index (χ1v) is 10.3. The van der Waals surface area contributed by atoms with Crippen LogP contribution in [0.5, 0.6) is 0 Å². The molecule has 2 aliphatic rings. The van der Waals surface area contributed by atoms with Gasteiger partial charge in [-0.2, -0.15) is 0 Å². The number of hydrogen-bond donors (Lipinski definition) is 1. The minimum atomic E-state index is -0.646. The lowest BCUT2D eigenvalue weighted by molar-refractivity contribution is -0.119. The van der Waals surface area contributed by atoms with Crippen molar-refractivity contribution in [2.24, 2.45) is 0 Å². The first kappa shape index (κ1) is 20.0. The lowest BCUT2D eigenvalue weighted by Gasteiger charge is -2.47. The molecule has 0 spiro atoms. The molecule has 1 N–H and O–H groups in total. The zero-order valence-corrected chi connectivity index (χ0v) is 18.3. The number of carbonyl (C=O) groups excluding carboxylic acids is 1. The molecule has 154 valence electrons. The SMILES string of the molecule is CC1=CN2c3ccccc3C(C)(C)C2(C=CC=Cc2ccc(N(C)C)cc2)NC1=O. The molecule has 0 saturated heterocycles. The molecule has 0 fully saturated rings. The van der Waals surface area contributed by atoms with Crippen molar-refractivity contribution >= 4 is 23.4 Å². The topological polar surface area (TPSA) is 35.6 Å². The number of amides is 1. The Morgan fingerprint density at radius 2 is 1.70 bits per heavy atom. The number of rotatable bonds is 4. The Labute approximate surface area is 179 Å². The van der Waals surface area contributed by atoms with Crippen molar-refractivity contribution in [3.05, 3.63) is 89.7 Å². The number of para-hydroxylation sites is 1. The van der Waals surface area contributed by atoms with Crippen molar-refractivity contribution in [2.75, 3.05) is 23.9 Å². The van der Waals surface area contributed by atoms with Crippen LogP contribution in [-0.4, -0.2) is 25.7 Å². The lowest BCUT2D eigenvalue weighted by atomic mass is 9.74. The third-order valence-electron chi connectivity index (χ3n) is 6.30. The van der Waals surface area contributed by atoms with Gasteiger partial charge in [-0.15, -0.1) is 0 Å². The highest BCUT2D eigenvalue weighted by molar-refractivity contribution is 5.97. The van der Waals surface area contributed by atoms with Crippen LogP contribution in [0, 0.1) is 0 Å². The average molecular weight is 400 g/mol. The minimum Gasteiger partial charge on any atom is -0.378 e. The van der Waals surface area contributed by atoms with Gasteiger partial charge >= 0.3 is 0 Å².